The molecule has 0 saturated heterocycles. The first-order valence-corrected chi connectivity index (χ1v) is 4.07. The van der Waals surface area contributed by atoms with Gasteiger partial charge in [0.15, 0.2) is 5.82 Å². The number of carbonyl (C=O) groups excluding carboxylic acids is 1. The maximum absolute atomic E-state index is 11.5. The summed E-state index contributed by atoms with van der Waals surface area (Å²) in [5, 5.41) is 2.60. The summed E-state index contributed by atoms with van der Waals surface area (Å²) >= 11 is 0. The van der Waals surface area contributed by atoms with E-state index < -0.39 is 0 Å². The molecule has 0 unspecified atom stereocenters. The quantitative estimate of drug-likeness (QED) is 0.701. The van der Waals surface area contributed by atoms with Crippen LogP contribution in [0.25, 0.3) is 0 Å². The summed E-state index contributed by atoms with van der Waals surface area (Å²) in [7, 11) is 0. The highest BCUT2D eigenvalue weighted by atomic mass is 16.1. The normalized spacial score (nSPS) is 12.7. The van der Waals surface area contributed by atoms with Crippen molar-refractivity contribution < 1.29 is 4.79 Å². The molecule has 1 amide bonds. The molecule has 0 bridgehead atoms. The molecule has 1 aromatic rings. The lowest BCUT2D eigenvalue weighted by molar-refractivity contribution is -0.112. The summed E-state index contributed by atoms with van der Waals surface area (Å²) in [4.78, 5) is 19.2. The van der Waals surface area contributed by atoms with Gasteiger partial charge in [-0.25, -0.2) is 4.98 Å². The van der Waals surface area contributed by atoms with Crippen molar-refractivity contribution in [1.29, 1.82) is 0 Å². The van der Waals surface area contributed by atoms with Crippen molar-refractivity contribution >= 4 is 11.7 Å². The van der Waals surface area contributed by atoms with Gasteiger partial charge in [0.25, 0.3) is 5.91 Å². The van der Waals surface area contributed by atoms with Gasteiger partial charge in [0.2, 0.25) is 0 Å². The van der Waals surface area contributed by atoms with Gasteiger partial charge in [-0.15, -0.1) is 5.73 Å². The number of amides is 1. The minimum absolute atomic E-state index is 0.226. The third kappa shape index (κ3) is 1.76. The van der Waals surface area contributed by atoms with E-state index in [1.807, 2.05) is 0 Å². The number of aromatic nitrogens is 2. The highest BCUT2D eigenvalue weighted by molar-refractivity contribution is 6.05. The zero-order chi connectivity index (χ0) is 9.80. The molecule has 1 heterocycles. The molecular formula is C10H7N3O. The predicted octanol–water partition coefficient (Wildman–Crippen LogP) is 1.07. The molecule has 0 radical (unpaired) electrons. The lowest BCUT2D eigenvalue weighted by Crippen LogP contribution is -2.13. The molecule has 1 N–H and O–H groups in total. The molecule has 0 spiro atoms. The van der Waals surface area contributed by atoms with Crippen LogP contribution in [0, 0.1) is 0 Å². The van der Waals surface area contributed by atoms with Gasteiger partial charge < -0.3 is 5.32 Å². The van der Waals surface area contributed by atoms with Crippen LogP contribution < -0.4 is 5.32 Å². The van der Waals surface area contributed by atoms with Crippen LogP contribution in [0.5, 0.6) is 0 Å². The second kappa shape index (κ2) is 3.68. The van der Waals surface area contributed by atoms with Crippen LogP contribution in [0.2, 0.25) is 0 Å². The fourth-order valence-electron chi connectivity index (χ4n) is 1.02. The molecule has 68 valence electrons. The molecule has 4 heteroatoms. The van der Waals surface area contributed by atoms with E-state index in [0.29, 0.717) is 11.4 Å². The van der Waals surface area contributed by atoms with Crippen molar-refractivity contribution in [2.24, 2.45) is 0 Å². The van der Waals surface area contributed by atoms with E-state index in [1.165, 1.54) is 12.4 Å². The Morgan fingerprint density at radius 1 is 1.43 bits per heavy atom. The van der Waals surface area contributed by atoms with Crippen molar-refractivity contribution in [3.8, 4) is 0 Å². The molecule has 0 aliphatic heterocycles. The Labute approximate surface area is 80.7 Å². The van der Waals surface area contributed by atoms with Crippen LogP contribution in [-0.4, -0.2) is 15.9 Å². The molecule has 1 aromatic heterocycles. The Kier molecular flexibility index (Phi) is 2.21. The van der Waals surface area contributed by atoms with Crippen LogP contribution in [0.1, 0.15) is 0 Å². The number of carbonyl (C=O) groups is 1. The van der Waals surface area contributed by atoms with E-state index in [2.05, 4.69) is 21.0 Å². The van der Waals surface area contributed by atoms with Gasteiger partial charge in [-0.3, -0.25) is 9.78 Å². The Bertz CT molecular complexity index is 442. The standard InChI is InChI=1S/C10H7N3O/c14-10(8-3-1-2-4-8)13-9-7-11-5-6-12-9/h1-3,5-7H,(H,12,13,14). The summed E-state index contributed by atoms with van der Waals surface area (Å²) in [6.07, 6.45) is 9.68. The fourth-order valence-corrected chi connectivity index (χ4v) is 1.02. The first kappa shape index (κ1) is 8.41. The second-order valence-corrected chi connectivity index (χ2v) is 2.63. The maximum Gasteiger partial charge on any atom is 0.264 e. The highest BCUT2D eigenvalue weighted by Crippen LogP contribution is 2.05. The van der Waals surface area contributed by atoms with Crippen molar-refractivity contribution in [3.05, 3.63) is 48.1 Å². The Morgan fingerprint density at radius 3 is 3.00 bits per heavy atom. The van der Waals surface area contributed by atoms with Crippen molar-refractivity contribution in [2.75, 3.05) is 5.32 Å². The van der Waals surface area contributed by atoms with Gasteiger partial charge in [0.05, 0.1) is 11.8 Å². The Balaban J connectivity index is 2.09. The molecule has 0 fully saturated rings. The summed E-state index contributed by atoms with van der Waals surface area (Å²) in [5.74, 6) is 0.211. The van der Waals surface area contributed by atoms with Gasteiger partial charge in [-0.2, -0.15) is 0 Å². The zero-order valence-corrected chi connectivity index (χ0v) is 7.27. The minimum atomic E-state index is -0.226. The number of nitrogens with one attached hydrogen (secondary N) is 1. The molecular weight excluding hydrogens is 178 g/mol. The number of hydrogen-bond donors (Lipinski definition) is 1. The topological polar surface area (TPSA) is 54.9 Å². The molecule has 14 heavy (non-hydrogen) atoms. The van der Waals surface area contributed by atoms with Gasteiger partial charge >= 0.3 is 0 Å². The first-order chi connectivity index (χ1) is 6.86. The fraction of sp³-hybridized carbons (Fsp3) is 0. The molecule has 4 nitrogen and oxygen atoms in total. The van der Waals surface area contributed by atoms with E-state index >= 15 is 0 Å². The lowest BCUT2D eigenvalue weighted by Gasteiger charge is -2.00. The number of rotatable bonds is 2. The Hall–Kier alpha value is -2.19. The van der Waals surface area contributed by atoms with Gasteiger partial charge in [-0.05, 0) is 12.2 Å². The minimum Gasteiger partial charge on any atom is -0.305 e. The summed E-state index contributed by atoms with van der Waals surface area (Å²) in [6, 6.07) is 0. The van der Waals surface area contributed by atoms with Crippen LogP contribution in [0.4, 0.5) is 5.82 Å². The van der Waals surface area contributed by atoms with Crippen molar-refractivity contribution in [2.45, 2.75) is 0 Å². The Morgan fingerprint density at radius 2 is 2.36 bits per heavy atom. The van der Waals surface area contributed by atoms with Crippen LogP contribution >= 0.6 is 0 Å². The average Bonchev–Trinajstić information content (AvgIpc) is 2.72. The van der Waals surface area contributed by atoms with Gasteiger partial charge in [0, 0.05) is 12.4 Å². The van der Waals surface area contributed by atoms with E-state index in [1.54, 1.807) is 24.4 Å². The predicted molar refractivity (Wildman–Crippen MR) is 51.4 cm³/mol. The molecule has 0 saturated carbocycles. The summed E-state index contributed by atoms with van der Waals surface area (Å²) in [5.41, 5.74) is 3.29. The summed E-state index contributed by atoms with van der Waals surface area (Å²) in [6.45, 7) is 0. The largest absolute Gasteiger partial charge is 0.305 e. The maximum atomic E-state index is 11.5. The number of nitrogens with zero attached hydrogens (tertiary/aromatic N) is 2. The van der Waals surface area contributed by atoms with E-state index in [9.17, 15) is 4.79 Å². The van der Waals surface area contributed by atoms with E-state index in [4.69, 9.17) is 0 Å². The zero-order valence-electron chi connectivity index (χ0n) is 7.27. The third-order valence-corrected chi connectivity index (χ3v) is 1.65. The lowest BCUT2D eigenvalue weighted by atomic mass is 10.3. The molecule has 0 aromatic carbocycles. The molecule has 0 atom stereocenters. The number of anilines is 1. The monoisotopic (exact) mass is 185 g/mol. The van der Waals surface area contributed by atoms with Crippen LogP contribution in [0.3, 0.4) is 0 Å². The van der Waals surface area contributed by atoms with E-state index in [-0.39, 0.29) is 5.91 Å². The van der Waals surface area contributed by atoms with Crippen LogP contribution in [-0.2, 0) is 4.79 Å². The number of allylic oxidation sites excluding steroid dienone is 1. The number of hydrogen-bond acceptors (Lipinski definition) is 3. The van der Waals surface area contributed by atoms with Crippen molar-refractivity contribution in [3.63, 3.8) is 0 Å². The molecule has 2 rings (SSSR count). The second-order valence-electron chi connectivity index (χ2n) is 2.63. The first-order valence-electron chi connectivity index (χ1n) is 4.07. The molecule has 1 aliphatic carbocycles. The van der Waals surface area contributed by atoms with Crippen molar-refractivity contribution in [1.82, 2.24) is 9.97 Å². The van der Waals surface area contributed by atoms with E-state index in [0.717, 1.165) is 0 Å². The van der Waals surface area contributed by atoms with Gasteiger partial charge in [-0.1, -0.05) is 6.08 Å². The third-order valence-electron chi connectivity index (χ3n) is 1.65. The SMILES string of the molecule is O=C(Nc1cnccn1)C1=C=CC=C1. The highest BCUT2D eigenvalue weighted by Gasteiger charge is 2.07. The molecule has 1 aliphatic rings. The van der Waals surface area contributed by atoms with Gasteiger partial charge in [0.1, 0.15) is 0 Å². The smallest absolute Gasteiger partial charge is 0.264 e. The summed E-state index contributed by atoms with van der Waals surface area (Å²) < 4.78 is 0. The van der Waals surface area contributed by atoms with Crippen LogP contribution in [0.15, 0.2) is 48.1 Å². The average molecular weight is 185 g/mol.